The van der Waals surface area contributed by atoms with Crippen LogP contribution in [0.25, 0.3) is 0 Å². The van der Waals surface area contributed by atoms with Crippen molar-refractivity contribution in [3.63, 3.8) is 0 Å². The highest BCUT2D eigenvalue weighted by molar-refractivity contribution is 5.94. The Morgan fingerprint density at radius 3 is 3.10 bits per heavy atom. The molecule has 0 radical (unpaired) electrons. The van der Waals surface area contributed by atoms with Crippen LogP contribution < -0.4 is 5.32 Å². The van der Waals surface area contributed by atoms with Crippen molar-refractivity contribution < 1.29 is 4.79 Å². The third-order valence-electron chi connectivity index (χ3n) is 4.70. The minimum Gasteiger partial charge on any atom is -0.336 e. The van der Waals surface area contributed by atoms with Gasteiger partial charge in [-0.15, -0.1) is 0 Å². The zero-order valence-electron chi connectivity index (χ0n) is 12.3. The van der Waals surface area contributed by atoms with E-state index < -0.39 is 0 Å². The summed E-state index contributed by atoms with van der Waals surface area (Å²) in [4.78, 5) is 14.9. The molecule has 1 fully saturated rings. The van der Waals surface area contributed by atoms with Gasteiger partial charge in [0.15, 0.2) is 0 Å². The number of hydrogen-bond acceptors (Lipinski definition) is 2. The Labute approximate surface area is 121 Å². The van der Waals surface area contributed by atoms with Crippen LogP contribution in [0.1, 0.15) is 54.1 Å². The Morgan fingerprint density at radius 1 is 1.35 bits per heavy atom. The molecule has 3 rings (SSSR count). The molecular weight excluding hydrogens is 248 g/mol. The maximum absolute atomic E-state index is 12.8. The summed E-state index contributed by atoms with van der Waals surface area (Å²) in [6.45, 7) is 5.05. The number of rotatable bonds is 2. The van der Waals surface area contributed by atoms with Crippen LogP contribution in [0.5, 0.6) is 0 Å². The Kier molecular flexibility index (Phi) is 4.06. The number of hydrogen-bond donors (Lipinski definition) is 1. The van der Waals surface area contributed by atoms with Crippen molar-refractivity contribution >= 4 is 5.91 Å². The normalized spacial score (nSPS) is 22.4. The first-order valence-corrected chi connectivity index (χ1v) is 7.93. The largest absolute Gasteiger partial charge is 0.336 e. The van der Waals surface area contributed by atoms with Crippen molar-refractivity contribution in [3.05, 3.63) is 34.9 Å². The first-order chi connectivity index (χ1) is 9.79. The molecule has 0 aliphatic carbocycles. The van der Waals surface area contributed by atoms with Gasteiger partial charge in [-0.1, -0.05) is 13.0 Å². The highest BCUT2D eigenvalue weighted by Gasteiger charge is 2.26. The average Bonchev–Trinajstić information content (AvgIpc) is 2.53. The number of carbonyl (C=O) groups is 1. The topological polar surface area (TPSA) is 32.3 Å². The van der Waals surface area contributed by atoms with Crippen LogP contribution in [0.2, 0.25) is 0 Å². The summed E-state index contributed by atoms with van der Waals surface area (Å²) in [6, 6.07) is 6.71. The lowest BCUT2D eigenvalue weighted by Crippen LogP contribution is -2.43. The zero-order chi connectivity index (χ0) is 13.9. The van der Waals surface area contributed by atoms with Gasteiger partial charge >= 0.3 is 0 Å². The van der Waals surface area contributed by atoms with Gasteiger partial charge in [-0.3, -0.25) is 4.79 Å². The second-order valence-electron chi connectivity index (χ2n) is 5.97. The van der Waals surface area contributed by atoms with Gasteiger partial charge in [-0.05, 0) is 61.9 Å². The van der Waals surface area contributed by atoms with Gasteiger partial charge < -0.3 is 10.2 Å². The van der Waals surface area contributed by atoms with E-state index in [9.17, 15) is 4.79 Å². The van der Waals surface area contributed by atoms with Crippen molar-refractivity contribution in [1.82, 2.24) is 10.2 Å². The molecular formula is C17H24N2O. The van der Waals surface area contributed by atoms with Crippen LogP contribution in [0.4, 0.5) is 0 Å². The van der Waals surface area contributed by atoms with Crippen LogP contribution in [0, 0.1) is 0 Å². The molecule has 1 aromatic rings. The van der Waals surface area contributed by atoms with Gasteiger partial charge in [0, 0.05) is 24.7 Å². The van der Waals surface area contributed by atoms with Crippen LogP contribution in [-0.4, -0.2) is 29.9 Å². The van der Waals surface area contributed by atoms with Crippen molar-refractivity contribution in [2.24, 2.45) is 0 Å². The highest BCUT2D eigenvalue weighted by atomic mass is 16.2. The van der Waals surface area contributed by atoms with E-state index in [1.807, 2.05) is 6.07 Å². The fourth-order valence-electron chi connectivity index (χ4n) is 3.47. The molecule has 1 amide bonds. The molecule has 3 heteroatoms. The zero-order valence-corrected chi connectivity index (χ0v) is 12.3. The Hall–Kier alpha value is -1.35. The fourth-order valence-corrected chi connectivity index (χ4v) is 3.47. The summed E-state index contributed by atoms with van der Waals surface area (Å²) < 4.78 is 0. The summed E-state index contributed by atoms with van der Waals surface area (Å²) in [7, 11) is 0. The smallest absolute Gasteiger partial charge is 0.254 e. The summed E-state index contributed by atoms with van der Waals surface area (Å²) in [5.41, 5.74) is 3.56. The first kappa shape index (κ1) is 13.6. The van der Waals surface area contributed by atoms with Gasteiger partial charge in [0.2, 0.25) is 0 Å². The lowest BCUT2D eigenvalue weighted by molar-refractivity contribution is 0.0608. The van der Waals surface area contributed by atoms with Gasteiger partial charge in [0.05, 0.1) is 0 Å². The van der Waals surface area contributed by atoms with E-state index in [0.29, 0.717) is 6.04 Å². The summed E-state index contributed by atoms with van der Waals surface area (Å²) >= 11 is 0. The molecule has 1 atom stereocenters. The van der Waals surface area contributed by atoms with Crippen molar-refractivity contribution in [3.8, 4) is 0 Å². The number of nitrogens with one attached hydrogen (secondary N) is 1. The Balaban J connectivity index is 1.82. The number of amides is 1. The minimum atomic E-state index is 0.227. The van der Waals surface area contributed by atoms with Gasteiger partial charge in [0.1, 0.15) is 0 Å². The molecule has 1 N–H and O–H groups in total. The molecule has 2 aliphatic heterocycles. The van der Waals surface area contributed by atoms with E-state index in [-0.39, 0.29) is 5.91 Å². The molecule has 2 heterocycles. The minimum absolute atomic E-state index is 0.227. The SMILES string of the molecule is CCC1CCCCN1C(=O)c1ccc2c(c1)CNCC2. The van der Waals surface area contributed by atoms with Gasteiger partial charge in [-0.25, -0.2) is 0 Å². The predicted molar refractivity (Wildman–Crippen MR) is 80.8 cm³/mol. The van der Waals surface area contributed by atoms with Crippen LogP contribution in [-0.2, 0) is 13.0 Å². The third kappa shape index (κ3) is 2.59. The highest BCUT2D eigenvalue weighted by Crippen LogP contribution is 2.23. The number of fused-ring (bicyclic) bond motifs is 1. The van der Waals surface area contributed by atoms with E-state index in [1.165, 1.54) is 17.5 Å². The van der Waals surface area contributed by atoms with Crippen LogP contribution in [0.15, 0.2) is 18.2 Å². The summed E-state index contributed by atoms with van der Waals surface area (Å²) in [5.74, 6) is 0.227. The van der Waals surface area contributed by atoms with E-state index in [0.717, 1.165) is 50.9 Å². The number of benzene rings is 1. The van der Waals surface area contributed by atoms with Crippen LogP contribution in [0.3, 0.4) is 0 Å². The van der Waals surface area contributed by atoms with Gasteiger partial charge in [0.25, 0.3) is 5.91 Å². The monoisotopic (exact) mass is 272 g/mol. The second-order valence-corrected chi connectivity index (χ2v) is 5.97. The van der Waals surface area contributed by atoms with E-state index in [1.54, 1.807) is 0 Å². The number of likely N-dealkylation sites (tertiary alicyclic amines) is 1. The second kappa shape index (κ2) is 5.96. The lowest BCUT2D eigenvalue weighted by atomic mass is 9.96. The van der Waals surface area contributed by atoms with E-state index in [2.05, 4.69) is 29.3 Å². The molecule has 2 aliphatic rings. The maximum Gasteiger partial charge on any atom is 0.254 e. The molecule has 3 nitrogen and oxygen atoms in total. The molecule has 0 spiro atoms. The number of carbonyl (C=O) groups excluding carboxylic acids is 1. The molecule has 0 saturated carbocycles. The molecule has 1 saturated heterocycles. The molecule has 0 aromatic heterocycles. The third-order valence-corrected chi connectivity index (χ3v) is 4.70. The summed E-state index contributed by atoms with van der Waals surface area (Å²) in [5, 5.41) is 3.38. The molecule has 20 heavy (non-hydrogen) atoms. The standard InChI is InChI=1S/C17H24N2O/c1-2-16-5-3-4-10-19(16)17(20)14-7-6-13-8-9-18-12-15(13)11-14/h6-7,11,16,18H,2-5,8-10,12H2,1H3. The van der Waals surface area contributed by atoms with Gasteiger partial charge in [-0.2, -0.15) is 0 Å². The Bertz CT molecular complexity index is 498. The lowest BCUT2D eigenvalue weighted by Gasteiger charge is -2.35. The predicted octanol–water partition coefficient (Wildman–Crippen LogP) is 2.74. The van der Waals surface area contributed by atoms with E-state index in [4.69, 9.17) is 0 Å². The van der Waals surface area contributed by atoms with Crippen LogP contribution >= 0.6 is 0 Å². The quantitative estimate of drug-likeness (QED) is 0.898. The van der Waals surface area contributed by atoms with E-state index >= 15 is 0 Å². The maximum atomic E-state index is 12.8. The Morgan fingerprint density at radius 2 is 2.25 bits per heavy atom. The molecule has 108 valence electrons. The number of nitrogens with zero attached hydrogens (tertiary/aromatic N) is 1. The molecule has 1 unspecified atom stereocenters. The van der Waals surface area contributed by atoms with Crippen molar-refractivity contribution in [2.75, 3.05) is 13.1 Å². The average molecular weight is 272 g/mol. The van der Waals surface area contributed by atoms with Crippen molar-refractivity contribution in [1.29, 1.82) is 0 Å². The molecule has 0 bridgehead atoms. The number of piperidine rings is 1. The molecule has 1 aromatic carbocycles. The first-order valence-electron chi connectivity index (χ1n) is 7.93. The summed E-state index contributed by atoms with van der Waals surface area (Å²) in [6.07, 6.45) is 5.71. The van der Waals surface area contributed by atoms with Crippen molar-refractivity contribution in [2.45, 2.75) is 51.6 Å². The fraction of sp³-hybridized carbons (Fsp3) is 0.588.